The van der Waals surface area contributed by atoms with Gasteiger partial charge in [0.15, 0.2) is 0 Å². The Morgan fingerprint density at radius 1 is 0.765 bits per heavy atom. The highest BCUT2D eigenvalue weighted by molar-refractivity contribution is 4.83. The monoisotopic (exact) mass is 250 g/mol. The summed E-state index contributed by atoms with van der Waals surface area (Å²) in [6, 6.07) is 0. The molecule has 0 bridgehead atoms. The molecule has 1 fully saturated rings. The molecule has 0 aromatic carbocycles. The van der Waals surface area contributed by atoms with Crippen molar-refractivity contribution in [3.63, 3.8) is 0 Å². The predicted octanol–water partition coefficient (Wildman–Crippen LogP) is 5.28. The molecule has 3 heteroatoms. The molecule has 0 nitrogen and oxygen atoms in total. The van der Waals surface area contributed by atoms with E-state index >= 15 is 0 Å². The minimum Gasteiger partial charge on any atom is -0.171 e. The summed E-state index contributed by atoms with van der Waals surface area (Å²) < 4.78 is 38.3. The van der Waals surface area contributed by atoms with Crippen LogP contribution in [-0.2, 0) is 0 Å². The molecule has 2 unspecified atom stereocenters. The van der Waals surface area contributed by atoms with Crippen molar-refractivity contribution in [2.75, 3.05) is 0 Å². The summed E-state index contributed by atoms with van der Waals surface area (Å²) in [6.45, 7) is 8.59. The summed E-state index contributed by atoms with van der Waals surface area (Å²) in [5.74, 6) is 0.848. The summed E-state index contributed by atoms with van der Waals surface area (Å²) in [4.78, 5) is 0. The second-order valence-corrected chi connectivity index (χ2v) is 6.21. The summed E-state index contributed by atoms with van der Waals surface area (Å²) >= 11 is 0. The molecule has 0 N–H and O–H groups in total. The van der Waals surface area contributed by atoms with E-state index < -0.39 is 12.1 Å². The van der Waals surface area contributed by atoms with E-state index in [2.05, 4.69) is 27.7 Å². The van der Waals surface area contributed by atoms with Crippen molar-refractivity contribution in [2.45, 2.75) is 59.6 Å². The van der Waals surface area contributed by atoms with Gasteiger partial charge in [0.2, 0.25) is 0 Å². The second kappa shape index (κ2) is 5.62. The maximum atomic E-state index is 12.8. The Kier molecular flexibility index (Phi) is 4.91. The van der Waals surface area contributed by atoms with Gasteiger partial charge in [-0.25, -0.2) is 0 Å². The second-order valence-electron chi connectivity index (χ2n) is 6.21. The van der Waals surface area contributed by atoms with Crippen LogP contribution in [0.25, 0.3) is 0 Å². The van der Waals surface area contributed by atoms with E-state index in [-0.39, 0.29) is 0 Å². The summed E-state index contributed by atoms with van der Waals surface area (Å²) in [6.07, 6.45) is -1.85. The lowest BCUT2D eigenvalue weighted by Crippen LogP contribution is -2.23. The maximum Gasteiger partial charge on any atom is 0.391 e. The van der Waals surface area contributed by atoms with E-state index in [1.165, 1.54) is 0 Å². The quantitative estimate of drug-likeness (QED) is 0.585. The average molecular weight is 250 g/mol. The lowest BCUT2D eigenvalue weighted by atomic mass is 9.74. The van der Waals surface area contributed by atoms with Crippen molar-refractivity contribution in [1.82, 2.24) is 0 Å². The Morgan fingerprint density at radius 2 is 1.12 bits per heavy atom. The highest BCUT2D eigenvalue weighted by Crippen LogP contribution is 2.44. The molecule has 0 aliphatic heterocycles. The van der Waals surface area contributed by atoms with Crippen molar-refractivity contribution in [2.24, 2.45) is 29.6 Å². The highest BCUT2D eigenvalue weighted by atomic mass is 19.4. The molecule has 0 saturated heterocycles. The summed E-state index contributed by atoms with van der Waals surface area (Å²) in [7, 11) is 0. The molecule has 0 amide bonds. The fourth-order valence-electron chi connectivity index (χ4n) is 3.34. The average Bonchev–Trinajstić information content (AvgIpc) is 2.37. The molecular weight excluding hydrogens is 225 g/mol. The zero-order valence-corrected chi connectivity index (χ0v) is 11.3. The minimum absolute atomic E-state index is 0.329. The summed E-state index contributed by atoms with van der Waals surface area (Å²) in [5, 5.41) is 0. The van der Waals surface area contributed by atoms with E-state index in [4.69, 9.17) is 0 Å². The number of hydrogen-bond acceptors (Lipinski definition) is 0. The van der Waals surface area contributed by atoms with Gasteiger partial charge in [-0.15, -0.1) is 0 Å². The van der Waals surface area contributed by atoms with Gasteiger partial charge in [0.25, 0.3) is 0 Å². The topological polar surface area (TPSA) is 0 Å². The normalized spacial score (nSPS) is 31.9. The first-order valence-electron chi connectivity index (χ1n) is 6.80. The smallest absolute Gasteiger partial charge is 0.171 e. The van der Waals surface area contributed by atoms with Crippen LogP contribution in [0.3, 0.4) is 0 Å². The first-order chi connectivity index (χ1) is 7.73. The van der Waals surface area contributed by atoms with Crippen LogP contribution in [-0.4, -0.2) is 6.18 Å². The molecule has 0 heterocycles. The number of rotatable bonds is 2. The standard InChI is InChI=1S/C14H25F3/c1-9(2)12-7-5-11(14(15,16)17)6-8-13(12)10(3)4/h9-13H,5-8H2,1-4H3. The number of hydrogen-bond donors (Lipinski definition) is 0. The van der Waals surface area contributed by atoms with Crippen molar-refractivity contribution in [3.8, 4) is 0 Å². The molecule has 0 radical (unpaired) electrons. The molecule has 1 saturated carbocycles. The van der Waals surface area contributed by atoms with E-state index in [9.17, 15) is 13.2 Å². The number of halogens is 3. The lowest BCUT2D eigenvalue weighted by Gasteiger charge is -2.31. The van der Waals surface area contributed by atoms with Gasteiger partial charge in [-0.05, 0) is 49.4 Å². The molecule has 1 aliphatic rings. The van der Waals surface area contributed by atoms with Crippen LogP contribution in [0, 0.1) is 29.6 Å². The minimum atomic E-state index is -3.99. The van der Waals surface area contributed by atoms with E-state index in [1.807, 2.05) is 0 Å². The third-order valence-electron chi connectivity index (χ3n) is 4.42. The summed E-state index contributed by atoms with van der Waals surface area (Å²) in [5.41, 5.74) is 0. The molecular formula is C14H25F3. The first kappa shape index (κ1) is 14.8. The fraction of sp³-hybridized carbons (Fsp3) is 1.00. The Balaban J connectivity index is 2.75. The fourth-order valence-corrected chi connectivity index (χ4v) is 3.34. The van der Waals surface area contributed by atoms with Gasteiger partial charge >= 0.3 is 6.18 Å². The van der Waals surface area contributed by atoms with Crippen molar-refractivity contribution < 1.29 is 13.2 Å². The van der Waals surface area contributed by atoms with Gasteiger partial charge in [0.05, 0.1) is 5.92 Å². The molecule has 0 aromatic heterocycles. The van der Waals surface area contributed by atoms with Crippen LogP contribution >= 0.6 is 0 Å². The molecule has 0 aromatic rings. The van der Waals surface area contributed by atoms with Crippen molar-refractivity contribution >= 4 is 0 Å². The van der Waals surface area contributed by atoms with Gasteiger partial charge in [0.1, 0.15) is 0 Å². The van der Waals surface area contributed by atoms with Crippen LogP contribution < -0.4 is 0 Å². The van der Waals surface area contributed by atoms with Gasteiger partial charge in [-0.1, -0.05) is 27.7 Å². The zero-order chi connectivity index (χ0) is 13.2. The highest BCUT2D eigenvalue weighted by Gasteiger charge is 2.42. The molecule has 17 heavy (non-hydrogen) atoms. The third kappa shape index (κ3) is 3.89. The van der Waals surface area contributed by atoms with Gasteiger partial charge in [-0.2, -0.15) is 13.2 Å². The Bertz CT molecular complexity index is 212. The zero-order valence-electron chi connectivity index (χ0n) is 11.3. The van der Waals surface area contributed by atoms with E-state index in [1.54, 1.807) is 0 Å². The molecule has 2 atom stereocenters. The Morgan fingerprint density at radius 3 is 1.35 bits per heavy atom. The largest absolute Gasteiger partial charge is 0.391 e. The van der Waals surface area contributed by atoms with E-state index in [0.717, 1.165) is 12.8 Å². The number of alkyl halides is 3. The van der Waals surface area contributed by atoms with Crippen LogP contribution in [0.4, 0.5) is 13.2 Å². The predicted molar refractivity (Wildman–Crippen MR) is 64.7 cm³/mol. The lowest BCUT2D eigenvalue weighted by molar-refractivity contribution is -0.177. The molecule has 1 rings (SSSR count). The molecule has 1 aliphatic carbocycles. The van der Waals surface area contributed by atoms with Crippen molar-refractivity contribution in [1.29, 1.82) is 0 Å². The molecule has 0 spiro atoms. The van der Waals surface area contributed by atoms with E-state index in [0.29, 0.717) is 36.5 Å². The van der Waals surface area contributed by atoms with Crippen LogP contribution in [0.2, 0.25) is 0 Å². The third-order valence-corrected chi connectivity index (χ3v) is 4.42. The van der Waals surface area contributed by atoms with Crippen LogP contribution in [0.1, 0.15) is 53.4 Å². The van der Waals surface area contributed by atoms with Crippen molar-refractivity contribution in [3.05, 3.63) is 0 Å². The van der Waals surface area contributed by atoms with Gasteiger partial charge < -0.3 is 0 Å². The van der Waals surface area contributed by atoms with Crippen LogP contribution in [0.15, 0.2) is 0 Å². The van der Waals surface area contributed by atoms with Gasteiger partial charge in [0, 0.05) is 0 Å². The first-order valence-corrected chi connectivity index (χ1v) is 6.80. The Hall–Kier alpha value is -0.210. The van der Waals surface area contributed by atoms with Crippen LogP contribution in [0.5, 0.6) is 0 Å². The Labute approximate surface area is 103 Å². The molecule has 102 valence electrons. The SMILES string of the molecule is CC(C)C1CCC(C(F)(F)F)CCC1C(C)C. The maximum absolute atomic E-state index is 12.8. The van der Waals surface area contributed by atoms with Gasteiger partial charge in [-0.3, -0.25) is 0 Å².